The van der Waals surface area contributed by atoms with Crippen LogP contribution in [-0.2, 0) is 4.79 Å². The van der Waals surface area contributed by atoms with Crippen molar-refractivity contribution < 1.29 is 10.0 Å². The summed E-state index contributed by atoms with van der Waals surface area (Å²) in [5, 5.41) is 15.9. The molecule has 0 spiro atoms. The summed E-state index contributed by atoms with van der Waals surface area (Å²) >= 11 is 0. The molecule has 1 aliphatic heterocycles. The molecule has 0 aromatic heterocycles. The van der Waals surface area contributed by atoms with Gasteiger partial charge in [-0.3, -0.25) is 4.79 Å². The summed E-state index contributed by atoms with van der Waals surface area (Å²) in [6.45, 7) is 0. The third kappa shape index (κ3) is 2.65. The largest absolute Gasteiger partial charge is 0.411 e. The van der Waals surface area contributed by atoms with Gasteiger partial charge in [-0.2, -0.15) is 0 Å². The van der Waals surface area contributed by atoms with Crippen LogP contribution in [0.25, 0.3) is 0 Å². The van der Waals surface area contributed by atoms with E-state index in [0.29, 0.717) is 12.1 Å². The monoisotopic (exact) mass is 280 g/mol. The molecule has 2 aromatic rings. The molecule has 4 heteroatoms. The van der Waals surface area contributed by atoms with Gasteiger partial charge in [0.25, 0.3) is 0 Å². The number of rotatable bonds is 2. The van der Waals surface area contributed by atoms with Crippen molar-refractivity contribution in [2.45, 2.75) is 18.4 Å². The first-order valence-corrected chi connectivity index (χ1v) is 6.90. The first-order valence-electron chi connectivity index (χ1n) is 6.90. The van der Waals surface area contributed by atoms with Gasteiger partial charge in [0.1, 0.15) is 0 Å². The van der Waals surface area contributed by atoms with E-state index in [-0.39, 0.29) is 17.9 Å². The van der Waals surface area contributed by atoms with Crippen LogP contribution in [0.2, 0.25) is 0 Å². The summed E-state index contributed by atoms with van der Waals surface area (Å²) in [6.07, 6.45) is 0.298. The van der Waals surface area contributed by atoms with E-state index in [2.05, 4.69) is 10.5 Å². The Morgan fingerprint density at radius 3 is 2.10 bits per heavy atom. The molecule has 0 saturated carbocycles. The number of piperidine rings is 1. The minimum absolute atomic E-state index is 0.0369. The first kappa shape index (κ1) is 13.4. The molecule has 4 nitrogen and oxygen atoms in total. The Labute approximate surface area is 123 Å². The fourth-order valence-electron chi connectivity index (χ4n) is 2.79. The fraction of sp³-hybridized carbons (Fsp3) is 0.176. The molecule has 0 aliphatic carbocycles. The predicted molar refractivity (Wildman–Crippen MR) is 80.3 cm³/mol. The minimum atomic E-state index is -0.386. The van der Waals surface area contributed by atoms with Crippen LogP contribution in [0.3, 0.4) is 0 Å². The second kappa shape index (κ2) is 5.79. The lowest BCUT2D eigenvalue weighted by molar-refractivity contribution is -0.122. The van der Waals surface area contributed by atoms with E-state index < -0.39 is 0 Å². The van der Waals surface area contributed by atoms with Gasteiger partial charge < -0.3 is 10.5 Å². The Morgan fingerprint density at radius 2 is 1.52 bits per heavy atom. The zero-order chi connectivity index (χ0) is 14.7. The summed E-state index contributed by atoms with van der Waals surface area (Å²) in [6, 6.07) is 18.9. The number of oxime groups is 1. The van der Waals surface area contributed by atoms with E-state index in [4.69, 9.17) is 0 Å². The van der Waals surface area contributed by atoms with E-state index in [1.807, 2.05) is 60.7 Å². The van der Waals surface area contributed by atoms with Crippen molar-refractivity contribution in [2.75, 3.05) is 0 Å². The molecule has 0 radical (unpaired) electrons. The lowest BCUT2D eigenvalue weighted by Crippen LogP contribution is -2.43. The zero-order valence-electron chi connectivity index (χ0n) is 11.4. The van der Waals surface area contributed by atoms with E-state index in [1.165, 1.54) is 0 Å². The van der Waals surface area contributed by atoms with Crippen LogP contribution in [0.1, 0.15) is 29.5 Å². The summed E-state index contributed by atoms with van der Waals surface area (Å²) < 4.78 is 0. The Bertz CT molecular complexity index is 600. The van der Waals surface area contributed by atoms with Gasteiger partial charge in [0.2, 0.25) is 5.91 Å². The fourth-order valence-corrected chi connectivity index (χ4v) is 2.79. The quantitative estimate of drug-likeness (QED) is 0.656. The molecule has 1 fully saturated rings. The Balaban J connectivity index is 2.01. The van der Waals surface area contributed by atoms with Gasteiger partial charge in [-0.25, -0.2) is 0 Å². The lowest BCUT2D eigenvalue weighted by Gasteiger charge is -2.31. The van der Waals surface area contributed by atoms with Crippen molar-refractivity contribution in [3.8, 4) is 0 Å². The van der Waals surface area contributed by atoms with Crippen molar-refractivity contribution in [1.29, 1.82) is 0 Å². The highest BCUT2D eigenvalue weighted by Crippen LogP contribution is 2.32. The number of carbonyl (C=O) groups excluding carboxylic acids is 1. The molecule has 21 heavy (non-hydrogen) atoms. The average Bonchev–Trinajstić information content (AvgIpc) is 2.55. The third-order valence-corrected chi connectivity index (χ3v) is 3.80. The van der Waals surface area contributed by atoms with Gasteiger partial charge in [-0.1, -0.05) is 65.8 Å². The summed E-state index contributed by atoms with van der Waals surface area (Å²) in [5.41, 5.74) is 2.48. The smallest absolute Gasteiger partial charge is 0.221 e. The van der Waals surface area contributed by atoms with Crippen molar-refractivity contribution in [3.05, 3.63) is 71.8 Å². The molecular formula is C17H16N2O2. The van der Waals surface area contributed by atoms with Crippen LogP contribution in [-0.4, -0.2) is 16.8 Å². The average molecular weight is 280 g/mol. The highest BCUT2D eigenvalue weighted by atomic mass is 16.4. The number of carbonyl (C=O) groups is 1. The van der Waals surface area contributed by atoms with Crippen LogP contribution >= 0.6 is 0 Å². The highest BCUT2D eigenvalue weighted by Gasteiger charge is 2.35. The predicted octanol–water partition coefficient (Wildman–Crippen LogP) is 2.86. The third-order valence-electron chi connectivity index (χ3n) is 3.80. The maximum absolute atomic E-state index is 12.0. The normalized spacial score (nSPS) is 23.8. The molecule has 1 amide bonds. The molecular weight excluding hydrogens is 264 g/mol. The maximum Gasteiger partial charge on any atom is 0.221 e. The van der Waals surface area contributed by atoms with E-state index in [0.717, 1.165) is 11.1 Å². The second-order valence-electron chi connectivity index (χ2n) is 5.10. The van der Waals surface area contributed by atoms with E-state index in [1.54, 1.807) is 0 Å². The van der Waals surface area contributed by atoms with Crippen molar-refractivity contribution >= 4 is 11.6 Å². The van der Waals surface area contributed by atoms with Gasteiger partial charge >= 0.3 is 0 Å². The number of hydrogen-bond acceptors (Lipinski definition) is 3. The molecule has 3 rings (SSSR count). The first-order chi connectivity index (χ1) is 10.3. The van der Waals surface area contributed by atoms with Crippen molar-refractivity contribution in [2.24, 2.45) is 5.16 Å². The van der Waals surface area contributed by atoms with Crippen LogP contribution < -0.4 is 5.32 Å². The van der Waals surface area contributed by atoms with Crippen LogP contribution in [0, 0.1) is 0 Å². The van der Waals surface area contributed by atoms with Crippen molar-refractivity contribution in [3.63, 3.8) is 0 Å². The van der Waals surface area contributed by atoms with Gasteiger partial charge in [0.15, 0.2) is 0 Å². The highest BCUT2D eigenvalue weighted by molar-refractivity contribution is 6.03. The van der Waals surface area contributed by atoms with Gasteiger partial charge in [0, 0.05) is 12.3 Å². The van der Waals surface area contributed by atoms with Gasteiger partial charge in [-0.15, -0.1) is 0 Å². The molecule has 1 aliphatic rings. The number of nitrogens with zero attached hydrogens (tertiary/aromatic N) is 1. The second-order valence-corrected chi connectivity index (χ2v) is 5.10. The van der Waals surface area contributed by atoms with E-state index in [9.17, 15) is 10.0 Å². The van der Waals surface area contributed by atoms with Crippen LogP contribution in [0.15, 0.2) is 65.8 Å². The molecule has 2 unspecified atom stereocenters. The van der Waals surface area contributed by atoms with Crippen LogP contribution in [0.5, 0.6) is 0 Å². The number of amides is 1. The molecule has 1 heterocycles. The minimum Gasteiger partial charge on any atom is -0.411 e. The number of nitrogens with one attached hydrogen (secondary N) is 1. The number of hydrogen-bond donors (Lipinski definition) is 2. The molecule has 2 atom stereocenters. The molecule has 2 N–H and O–H groups in total. The molecule has 0 bridgehead atoms. The van der Waals surface area contributed by atoms with E-state index >= 15 is 0 Å². The molecule has 106 valence electrons. The zero-order valence-corrected chi connectivity index (χ0v) is 11.4. The Kier molecular flexibility index (Phi) is 3.69. The SMILES string of the molecule is O=C1CC(c2ccccc2)C(=NO)C(c2ccccc2)N1. The summed E-state index contributed by atoms with van der Waals surface area (Å²) in [5.74, 6) is -0.236. The topological polar surface area (TPSA) is 61.7 Å². The molecule has 2 aromatic carbocycles. The molecule has 1 saturated heterocycles. The summed E-state index contributed by atoms with van der Waals surface area (Å²) in [4.78, 5) is 12.0. The number of benzene rings is 2. The maximum atomic E-state index is 12.0. The lowest BCUT2D eigenvalue weighted by atomic mass is 9.82. The summed E-state index contributed by atoms with van der Waals surface area (Å²) in [7, 11) is 0. The van der Waals surface area contributed by atoms with Gasteiger partial charge in [-0.05, 0) is 11.1 Å². The Hall–Kier alpha value is -2.62. The van der Waals surface area contributed by atoms with Gasteiger partial charge in [0.05, 0.1) is 11.8 Å². The Morgan fingerprint density at radius 1 is 0.952 bits per heavy atom. The van der Waals surface area contributed by atoms with Crippen LogP contribution in [0.4, 0.5) is 0 Å². The standard InChI is InChI=1S/C17H16N2O2/c20-15-11-14(12-7-3-1-4-8-12)17(19-21)16(18-15)13-9-5-2-6-10-13/h1-10,14,16,21H,11H2,(H,18,20). The van der Waals surface area contributed by atoms with Crippen molar-refractivity contribution in [1.82, 2.24) is 5.32 Å².